The molecule has 5 rings (SSSR count). The number of amides is 1. The van der Waals surface area contributed by atoms with Gasteiger partial charge in [-0.2, -0.15) is 0 Å². The Kier molecular flexibility index (Phi) is 6.66. The van der Waals surface area contributed by atoms with Crippen LogP contribution in [0.3, 0.4) is 0 Å². The molecule has 0 atom stereocenters. The maximum atomic E-state index is 13.2. The van der Waals surface area contributed by atoms with Gasteiger partial charge in [-0.1, -0.05) is 48.5 Å². The molecule has 2 heterocycles. The van der Waals surface area contributed by atoms with Gasteiger partial charge >= 0.3 is 0 Å². The predicted molar refractivity (Wildman–Crippen MR) is 149 cm³/mol. The first-order chi connectivity index (χ1) is 18.0. The molecule has 8 heteroatoms. The molecule has 0 bridgehead atoms. The molecule has 0 aliphatic heterocycles. The van der Waals surface area contributed by atoms with Crippen molar-refractivity contribution in [1.29, 1.82) is 0 Å². The summed E-state index contributed by atoms with van der Waals surface area (Å²) in [6, 6.07) is 24.8. The molecule has 7 nitrogen and oxygen atoms in total. The van der Waals surface area contributed by atoms with Crippen LogP contribution in [0.5, 0.6) is 17.2 Å². The van der Waals surface area contributed by atoms with Crippen molar-refractivity contribution in [2.24, 2.45) is 0 Å². The number of hydrogen-bond acceptors (Lipinski definition) is 7. The van der Waals surface area contributed by atoms with Gasteiger partial charge in [0.1, 0.15) is 9.71 Å². The van der Waals surface area contributed by atoms with E-state index < -0.39 is 0 Å². The predicted octanol–water partition coefficient (Wildman–Crippen LogP) is 6.49. The van der Waals surface area contributed by atoms with Crippen molar-refractivity contribution in [2.75, 3.05) is 32.4 Å². The van der Waals surface area contributed by atoms with Crippen LogP contribution < -0.4 is 25.3 Å². The minimum atomic E-state index is -0.288. The SMILES string of the molecule is COc1cc(-c2cc(-c3ccccc3)nc3sc(C(=O)Nc4ccccc4)c(N)c23)cc(OC)c1OC. The molecule has 3 aromatic carbocycles. The number of carbonyl (C=O) groups is 1. The molecule has 1 amide bonds. The quantitative estimate of drug-likeness (QED) is 0.259. The van der Waals surface area contributed by atoms with Gasteiger partial charge < -0.3 is 25.3 Å². The third-order valence-corrected chi connectivity index (χ3v) is 7.08. The summed E-state index contributed by atoms with van der Waals surface area (Å²) in [5, 5.41) is 3.62. The largest absolute Gasteiger partial charge is 0.493 e. The van der Waals surface area contributed by atoms with E-state index in [2.05, 4.69) is 5.32 Å². The second-order valence-corrected chi connectivity index (χ2v) is 9.18. The number of pyridine rings is 1. The fourth-order valence-corrected chi connectivity index (χ4v) is 5.24. The first-order valence-electron chi connectivity index (χ1n) is 11.5. The van der Waals surface area contributed by atoms with Crippen LogP contribution in [0, 0.1) is 0 Å². The Morgan fingerprint density at radius 2 is 1.46 bits per heavy atom. The fraction of sp³-hybridized carbons (Fsp3) is 0.103. The van der Waals surface area contributed by atoms with Gasteiger partial charge in [0.05, 0.1) is 32.7 Å². The number of methoxy groups -OCH3 is 3. The number of nitrogen functional groups attached to an aromatic ring is 1. The number of carbonyl (C=O) groups excluding carboxylic acids is 1. The lowest BCUT2D eigenvalue weighted by Gasteiger charge is -2.15. The van der Waals surface area contributed by atoms with Crippen LogP contribution in [0.2, 0.25) is 0 Å². The van der Waals surface area contributed by atoms with E-state index in [1.54, 1.807) is 21.3 Å². The first kappa shape index (κ1) is 24.1. The number of thiophene rings is 1. The summed E-state index contributed by atoms with van der Waals surface area (Å²) >= 11 is 1.26. The molecule has 0 aliphatic rings. The fourth-order valence-electron chi connectivity index (χ4n) is 4.22. The van der Waals surface area contributed by atoms with Gasteiger partial charge in [0, 0.05) is 16.6 Å². The second-order valence-electron chi connectivity index (χ2n) is 8.18. The van der Waals surface area contributed by atoms with Gasteiger partial charge in [-0.25, -0.2) is 4.98 Å². The minimum Gasteiger partial charge on any atom is -0.493 e. The van der Waals surface area contributed by atoms with E-state index in [0.717, 1.165) is 22.4 Å². The average molecular weight is 512 g/mol. The summed E-state index contributed by atoms with van der Waals surface area (Å²) in [5.41, 5.74) is 11.0. The molecule has 0 fully saturated rings. The normalized spacial score (nSPS) is 10.8. The van der Waals surface area contributed by atoms with Crippen LogP contribution in [-0.2, 0) is 0 Å². The number of ether oxygens (including phenoxy) is 3. The van der Waals surface area contributed by atoms with E-state index in [1.165, 1.54) is 11.3 Å². The molecule has 0 aliphatic carbocycles. The van der Waals surface area contributed by atoms with E-state index >= 15 is 0 Å². The molecule has 0 saturated carbocycles. The lowest BCUT2D eigenvalue weighted by Crippen LogP contribution is -2.11. The highest BCUT2D eigenvalue weighted by Crippen LogP contribution is 2.46. The third-order valence-electron chi connectivity index (χ3n) is 5.98. The highest BCUT2D eigenvalue weighted by molar-refractivity contribution is 7.21. The second kappa shape index (κ2) is 10.2. The molecule has 0 unspecified atom stereocenters. The number of nitrogens with two attached hydrogens (primary N) is 1. The van der Waals surface area contributed by atoms with Gasteiger partial charge in [0.2, 0.25) is 5.75 Å². The number of aromatic nitrogens is 1. The zero-order valence-corrected chi connectivity index (χ0v) is 21.4. The number of hydrogen-bond donors (Lipinski definition) is 2. The molecular weight excluding hydrogens is 486 g/mol. The number of anilines is 2. The van der Waals surface area contributed by atoms with E-state index in [1.807, 2.05) is 78.9 Å². The number of para-hydroxylation sites is 1. The van der Waals surface area contributed by atoms with Crippen molar-refractivity contribution in [3.63, 3.8) is 0 Å². The maximum absolute atomic E-state index is 13.2. The van der Waals surface area contributed by atoms with Crippen LogP contribution in [-0.4, -0.2) is 32.2 Å². The number of fused-ring (bicyclic) bond motifs is 1. The van der Waals surface area contributed by atoms with Crippen molar-refractivity contribution in [3.8, 4) is 39.6 Å². The van der Waals surface area contributed by atoms with Crippen LogP contribution in [0.15, 0.2) is 78.9 Å². The lowest BCUT2D eigenvalue weighted by molar-refractivity contribution is 0.103. The summed E-state index contributed by atoms with van der Waals surface area (Å²) in [7, 11) is 4.71. The Morgan fingerprint density at radius 1 is 0.838 bits per heavy atom. The summed E-state index contributed by atoms with van der Waals surface area (Å²) in [6.45, 7) is 0. The molecule has 0 spiro atoms. The topological polar surface area (TPSA) is 95.7 Å². The lowest BCUT2D eigenvalue weighted by atomic mass is 9.98. The summed E-state index contributed by atoms with van der Waals surface area (Å²) in [4.78, 5) is 19.2. The molecule has 3 N–H and O–H groups in total. The minimum absolute atomic E-state index is 0.288. The first-order valence-corrected chi connectivity index (χ1v) is 12.3. The number of benzene rings is 3. The Morgan fingerprint density at radius 3 is 2.05 bits per heavy atom. The summed E-state index contributed by atoms with van der Waals surface area (Å²) in [6.07, 6.45) is 0. The Hall–Kier alpha value is -4.56. The third kappa shape index (κ3) is 4.54. The molecule has 2 aromatic heterocycles. The standard InChI is InChI=1S/C29H25N3O4S/c1-34-22-14-18(15-23(35-2)26(22)36-3)20-16-21(17-10-6-4-7-11-17)32-29-24(20)25(30)27(37-29)28(33)31-19-12-8-5-9-13-19/h4-16H,30H2,1-3H3,(H,31,33). The maximum Gasteiger partial charge on any atom is 0.267 e. The van der Waals surface area contributed by atoms with Gasteiger partial charge in [-0.15, -0.1) is 11.3 Å². The van der Waals surface area contributed by atoms with Gasteiger partial charge in [0.25, 0.3) is 5.91 Å². The Balaban J connectivity index is 1.74. The Labute approximate surface area is 218 Å². The number of rotatable bonds is 7. The van der Waals surface area contributed by atoms with E-state index in [9.17, 15) is 4.79 Å². The average Bonchev–Trinajstić information content (AvgIpc) is 3.29. The van der Waals surface area contributed by atoms with E-state index in [0.29, 0.717) is 43.7 Å². The number of nitrogens with zero attached hydrogens (tertiary/aromatic N) is 1. The van der Waals surface area contributed by atoms with Crippen molar-refractivity contribution in [1.82, 2.24) is 4.98 Å². The van der Waals surface area contributed by atoms with E-state index in [-0.39, 0.29) is 5.91 Å². The van der Waals surface area contributed by atoms with Crippen molar-refractivity contribution < 1.29 is 19.0 Å². The molecule has 0 saturated heterocycles. The van der Waals surface area contributed by atoms with Gasteiger partial charge in [-0.3, -0.25) is 4.79 Å². The van der Waals surface area contributed by atoms with Crippen molar-refractivity contribution >= 4 is 38.8 Å². The van der Waals surface area contributed by atoms with E-state index in [4.69, 9.17) is 24.9 Å². The molecule has 37 heavy (non-hydrogen) atoms. The Bertz CT molecular complexity index is 1560. The molecule has 186 valence electrons. The monoisotopic (exact) mass is 511 g/mol. The highest BCUT2D eigenvalue weighted by Gasteiger charge is 2.23. The van der Waals surface area contributed by atoms with Gasteiger partial charge in [-0.05, 0) is 41.5 Å². The molecule has 5 aromatic rings. The van der Waals surface area contributed by atoms with Crippen molar-refractivity contribution in [3.05, 3.63) is 83.7 Å². The summed E-state index contributed by atoms with van der Waals surface area (Å²) < 4.78 is 16.7. The number of nitrogens with one attached hydrogen (secondary N) is 1. The van der Waals surface area contributed by atoms with Gasteiger partial charge in [0.15, 0.2) is 11.5 Å². The molecule has 0 radical (unpaired) electrons. The zero-order chi connectivity index (χ0) is 25.9. The van der Waals surface area contributed by atoms with Crippen LogP contribution >= 0.6 is 11.3 Å². The summed E-state index contributed by atoms with van der Waals surface area (Å²) in [5.74, 6) is 1.23. The van der Waals surface area contributed by atoms with Crippen LogP contribution in [0.4, 0.5) is 11.4 Å². The van der Waals surface area contributed by atoms with Crippen LogP contribution in [0.1, 0.15) is 9.67 Å². The zero-order valence-electron chi connectivity index (χ0n) is 20.6. The highest BCUT2D eigenvalue weighted by atomic mass is 32.1. The smallest absolute Gasteiger partial charge is 0.267 e. The van der Waals surface area contributed by atoms with Crippen LogP contribution in [0.25, 0.3) is 32.6 Å². The van der Waals surface area contributed by atoms with Crippen molar-refractivity contribution in [2.45, 2.75) is 0 Å². The molecular formula is C29H25N3O4S.